The van der Waals surface area contributed by atoms with Gasteiger partial charge in [-0.15, -0.1) is 0 Å². The van der Waals surface area contributed by atoms with Gasteiger partial charge in [0.1, 0.15) is 0 Å². The normalized spacial score (nSPS) is 14.6. The summed E-state index contributed by atoms with van der Waals surface area (Å²) in [4.78, 5) is 12.5. The van der Waals surface area contributed by atoms with Gasteiger partial charge in [-0.05, 0) is 37.6 Å². The first-order valence-electron chi connectivity index (χ1n) is 5.59. The molecule has 0 aliphatic carbocycles. The lowest BCUT2D eigenvalue weighted by Gasteiger charge is -2.28. The molecule has 0 saturated heterocycles. The van der Waals surface area contributed by atoms with Crippen molar-refractivity contribution in [1.82, 2.24) is 4.90 Å². The molecule has 1 N–H and O–H groups in total. The summed E-state index contributed by atoms with van der Waals surface area (Å²) in [7, 11) is 1.82. The third-order valence-electron chi connectivity index (χ3n) is 3.20. The smallest absolute Gasteiger partial charge is 0.317 e. The van der Waals surface area contributed by atoms with Crippen molar-refractivity contribution in [3.8, 4) is 0 Å². The molecule has 0 bridgehead atoms. The van der Waals surface area contributed by atoms with Crippen LogP contribution >= 0.6 is 11.6 Å². The van der Waals surface area contributed by atoms with Crippen LogP contribution in [-0.2, 0) is 4.79 Å². The Bertz CT molecular complexity index is 378. The second-order valence-corrected chi connectivity index (χ2v) is 4.83. The van der Waals surface area contributed by atoms with Gasteiger partial charge in [-0.1, -0.05) is 30.7 Å². The van der Waals surface area contributed by atoms with Gasteiger partial charge in [0.25, 0.3) is 0 Å². The summed E-state index contributed by atoms with van der Waals surface area (Å²) in [5.41, 5.74) is 1.17. The minimum Gasteiger partial charge on any atom is -0.480 e. The molecule has 0 unspecified atom stereocenters. The van der Waals surface area contributed by atoms with Crippen LogP contribution in [0.2, 0.25) is 5.02 Å². The van der Waals surface area contributed by atoms with E-state index in [1.165, 1.54) is 5.56 Å². The van der Waals surface area contributed by atoms with Gasteiger partial charge < -0.3 is 5.11 Å². The molecule has 1 aromatic rings. The van der Waals surface area contributed by atoms with E-state index < -0.39 is 5.97 Å². The molecule has 0 aliphatic heterocycles. The van der Waals surface area contributed by atoms with Crippen LogP contribution in [0, 0.1) is 0 Å². The van der Waals surface area contributed by atoms with E-state index in [2.05, 4.69) is 6.92 Å². The zero-order valence-electron chi connectivity index (χ0n) is 10.4. The van der Waals surface area contributed by atoms with E-state index in [4.69, 9.17) is 16.7 Å². The minimum absolute atomic E-state index is 0.0547. The number of likely N-dealkylation sites (N-methyl/N-ethyl adjacent to an activating group) is 1. The topological polar surface area (TPSA) is 40.5 Å². The minimum atomic E-state index is -0.803. The molecular formula is C13H18ClNO2. The summed E-state index contributed by atoms with van der Waals surface area (Å²) >= 11 is 5.84. The second-order valence-electron chi connectivity index (χ2n) is 4.39. The molecule has 0 saturated carbocycles. The Morgan fingerprint density at radius 2 is 1.88 bits per heavy atom. The highest BCUT2D eigenvalue weighted by Crippen LogP contribution is 2.23. The molecule has 17 heavy (non-hydrogen) atoms. The predicted octanol–water partition coefficient (Wildman–Crippen LogP) is 2.85. The first-order chi connectivity index (χ1) is 7.91. The maximum atomic E-state index is 10.7. The molecule has 3 nitrogen and oxygen atoms in total. The predicted molar refractivity (Wildman–Crippen MR) is 69.6 cm³/mol. The summed E-state index contributed by atoms with van der Waals surface area (Å²) < 4.78 is 0. The Balaban J connectivity index is 2.71. The largest absolute Gasteiger partial charge is 0.480 e. The van der Waals surface area contributed by atoms with Crippen LogP contribution in [0.1, 0.15) is 25.3 Å². The fourth-order valence-electron chi connectivity index (χ4n) is 1.78. The molecule has 0 aliphatic rings. The summed E-state index contributed by atoms with van der Waals surface area (Å²) in [5, 5.41) is 9.48. The van der Waals surface area contributed by atoms with Crippen LogP contribution < -0.4 is 0 Å². The van der Waals surface area contributed by atoms with E-state index in [0.717, 1.165) is 0 Å². The lowest BCUT2D eigenvalue weighted by Crippen LogP contribution is -2.37. The number of rotatable bonds is 5. The standard InChI is InChI=1S/C13H18ClNO2/c1-9(10(2)15(3)8-13(16)17)11-4-6-12(14)7-5-11/h4-7,9-10H,8H2,1-3H3,(H,16,17)/t9-,10+/m1/s1. The van der Waals surface area contributed by atoms with Gasteiger partial charge >= 0.3 is 5.97 Å². The number of carboxylic acid groups (broad SMARTS) is 1. The average molecular weight is 256 g/mol. The van der Waals surface area contributed by atoms with E-state index in [1.807, 2.05) is 43.1 Å². The Kier molecular flexibility index (Phi) is 4.97. The van der Waals surface area contributed by atoms with Gasteiger partial charge in [-0.25, -0.2) is 0 Å². The van der Waals surface area contributed by atoms with Crippen LogP contribution in [0.5, 0.6) is 0 Å². The Morgan fingerprint density at radius 1 is 1.35 bits per heavy atom. The van der Waals surface area contributed by atoms with Crippen LogP contribution in [0.25, 0.3) is 0 Å². The van der Waals surface area contributed by atoms with Gasteiger partial charge in [-0.2, -0.15) is 0 Å². The fraction of sp³-hybridized carbons (Fsp3) is 0.462. The number of hydrogen-bond acceptors (Lipinski definition) is 2. The van der Waals surface area contributed by atoms with E-state index >= 15 is 0 Å². The Labute approximate surface area is 107 Å². The van der Waals surface area contributed by atoms with Crippen molar-refractivity contribution in [3.63, 3.8) is 0 Å². The van der Waals surface area contributed by atoms with E-state index in [0.29, 0.717) is 5.02 Å². The van der Waals surface area contributed by atoms with Crippen molar-refractivity contribution < 1.29 is 9.90 Å². The molecule has 1 aromatic carbocycles. The van der Waals surface area contributed by atoms with Crippen LogP contribution in [-0.4, -0.2) is 35.6 Å². The molecule has 0 aromatic heterocycles. The summed E-state index contributed by atoms with van der Waals surface area (Å²) in [6.07, 6.45) is 0. The highest BCUT2D eigenvalue weighted by molar-refractivity contribution is 6.30. The van der Waals surface area contributed by atoms with Crippen LogP contribution in [0.4, 0.5) is 0 Å². The average Bonchev–Trinajstić information content (AvgIpc) is 2.27. The SMILES string of the molecule is C[C@@H](c1ccc(Cl)cc1)[C@H](C)N(C)CC(=O)O. The number of halogens is 1. The van der Waals surface area contributed by atoms with Gasteiger partial charge in [0, 0.05) is 11.1 Å². The van der Waals surface area contributed by atoms with Gasteiger partial charge in [0.2, 0.25) is 0 Å². The molecule has 0 heterocycles. The van der Waals surface area contributed by atoms with Crippen molar-refractivity contribution in [3.05, 3.63) is 34.9 Å². The monoisotopic (exact) mass is 255 g/mol. The van der Waals surface area contributed by atoms with Gasteiger partial charge in [-0.3, -0.25) is 9.69 Å². The molecule has 0 amide bonds. The van der Waals surface area contributed by atoms with Gasteiger partial charge in [0.15, 0.2) is 0 Å². The summed E-state index contributed by atoms with van der Waals surface area (Å²) in [6.45, 7) is 4.17. The molecule has 0 fully saturated rings. The number of carbonyl (C=O) groups is 1. The van der Waals surface area contributed by atoms with Crippen LogP contribution in [0.3, 0.4) is 0 Å². The molecule has 2 atom stereocenters. The maximum absolute atomic E-state index is 10.7. The van der Waals surface area contributed by atoms with Crippen molar-refractivity contribution >= 4 is 17.6 Å². The first-order valence-corrected chi connectivity index (χ1v) is 5.97. The first kappa shape index (κ1) is 14.0. The molecule has 1 rings (SSSR count). The van der Waals surface area contributed by atoms with E-state index in [9.17, 15) is 4.79 Å². The highest BCUT2D eigenvalue weighted by atomic mass is 35.5. The third-order valence-corrected chi connectivity index (χ3v) is 3.45. The quantitative estimate of drug-likeness (QED) is 0.880. The number of benzene rings is 1. The van der Waals surface area contributed by atoms with E-state index in [-0.39, 0.29) is 18.5 Å². The lowest BCUT2D eigenvalue weighted by atomic mass is 9.93. The maximum Gasteiger partial charge on any atom is 0.317 e. The molecule has 0 spiro atoms. The second kappa shape index (κ2) is 6.03. The summed E-state index contributed by atoms with van der Waals surface area (Å²) in [5.74, 6) is -0.542. The molecule has 0 radical (unpaired) electrons. The van der Waals surface area contributed by atoms with Crippen molar-refractivity contribution in [2.75, 3.05) is 13.6 Å². The zero-order valence-corrected chi connectivity index (χ0v) is 11.1. The summed E-state index contributed by atoms with van der Waals surface area (Å²) in [6, 6.07) is 7.84. The Morgan fingerprint density at radius 3 is 2.35 bits per heavy atom. The number of carboxylic acids is 1. The highest BCUT2D eigenvalue weighted by Gasteiger charge is 2.20. The molecule has 94 valence electrons. The van der Waals surface area contributed by atoms with Crippen molar-refractivity contribution in [2.24, 2.45) is 0 Å². The fourth-order valence-corrected chi connectivity index (χ4v) is 1.91. The number of aliphatic carboxylic acids is 1. The van der Waals surface area contributed by atoms with Crippen molar-refractivity contribution in [2.45, 2.75) is 25.8 Å². The number of nitrogens with zero attached hydrogens (tertiary/aromatic N) is 1. The van der Waals surface area contributed by atoms with E-state index in [1.54, 1.807) is 0 Å². The van der Waals surface area contributed by atoms with Gasteiger partial charge in [0.05, 0.1) is 6.54 Å². The lowest BCUT2D eigenvalue weighted by molar-refractivity contribution is -0.138. The van der Waals surface area contributed by atoms with Crippen LogP contribution in [0.15, 0.2) is 24.3 Å². The molecule has 4 heteroatoms. The zero-order chi connectivity index (χ0) is 13.0. The Hall–Kier alpha value is -1.06. The van der Waals surface area contributed by atoms with Crippen molar-refractivity contribution in [1.29, 1.82) is 0 Å². The third kappa shape index (κ3) is 4.02. The number of hydrogen-bond donors (Lipinski definition) is 1. The molecular weight excluding hydrogens is 238 g/mol.